The van der Waals surface area contributed by atoms with E-state index in [9.17, 15) is 38.4 Å². The molecular weight excluding hydrogens is 967 g/mol. The number of carbonyl (C=O) groups is 8. The lowest BCUT2D eigenvalue weighted by Crippen LogP contribution is -2.59. The molecule has 0 radical (unpaired) electrons. The molecule has 2 aliphatic heterocycles. The smallest absolute Gasteiger partial charge is 0.253 e. The van der Waals surface area contributed by atoms with Crippen LogP contribution in [-0.2, 0) is 41.6 Å². The Morgan fingerprint density at radius 1 is 0.566 bits per heavy atom. The van der Waals surface area contributed by atoms with Crippen LogP contribution < -0.4 is 42.5 Å². The first-order valence-corrected chi connectivity index (χ1v) is 26.9. The lowest BCUT2D eigenvalue weighted by atomic mass is 9.85. The van der Waals surface area contributed by atoms with Gasteiger partial charge in [0.05, 0.1) is 35.3 Å². The van der Waals surface area contributed by atoms with E-state index in [4.69, 9.17) is 0 Å². The maximum Gasteiger partial charge on any atom is 0.253 e. The topological polar surface area (TPSA) is 252 Å². The Hall–Kier alpha value is -6.73. The maximum absolute atomic E-state index is 14.7. The molecule has 3 heterocycles. The summed E-state index contributed by atoms with van der Waals surface area (Å²) < 4.78 is 0. The normalized spacial score (nSPS) is 22.9. The average molecular weight is 1050 g/mol. The van der Waals surface area contributed by atoms with Crippen LogP contribution in [0.5, 0.6) is 0 Å². The minimum atomic E-state index is -1.01. The Balaban J connectivity index is 1.09. The Labute approximate surface area is 447 Å². The highest BCUT2D eigenvalue weighted by Gasteiger charge is 2.48. The summed E-state index contributed by atoms with van der Waals surface area (Å²) in [5.41, 5.74) is 2.95. The van der Waals surface area contributed by atoms with Crippen LogP contribution in [0.2, 0.25) is 0 Å². The van der Waals surface area contributed by atoms with Crippen LogP contribution in [0, 0.1) is 10.8 Å². The summed E-state index contributed by atoms with van der Waals surface area (Å²) in [6.07, 6.45) is 7.79. The van der Waals surface area contributed by atoms with E-state index < -0.39 is 82.8 Å². The summed E-state index contributed by atoms with van der Waals surface area (Å²) in [6.45, 7) is 14.3. The van der Waals surface area contributed by atoms with Crippen molar-refractivity contribution in [1.29, 1.82) is 0 Å². The van der Waals surface area contributed by atoms with E-state index in [-0.39, 0.29) is 72.8 Å². The van der Waals surface area contributed by atoms with Gasteiger partial charge in [0.15, 0.2) is 0 Å². The predicted octanol–water partition coefficient (Wildman–Crippen LogP) is 3.15. The van der Waals surface area contributed by atoms with Crippen LogP contribution in [0.15, 0.2) is 67.0 Å². The van der Waals surface area contributed by atoms with Gasteiger partial charge in [-0.15, -0.1) is 0 Å². The van der Waals surface area contributed by atoms with E-state index in [2.05, 4.69) is 59.7 Å². The van der Waals surface area contributed by atoms with Crippen molar-refractivity contribution in [1.82, 2.24) is 57.3 Å². The fourth-order valence-corrected chi connectivity index (χ4v) is 10.9. The molecule has 19 heteroatoms. The van der Waals surface area contributed by atoms with Gasteiger partial charge < -0.3 is 52.3 Å². The van der Waals surface area contributed by atoms with Gasteiger partial charge in [0, 0.05) is 37.6 Å². The number of pyridine rings is 1. The molecule has 7 rings (SSSR count). The molecule has 76 heavy (non-hydrogen) atoms. The monoisotopic (exact) mass is 1050 g/mol. The summed E-state index contributed by atoms with van der Waals surface area (Å²) in [4.78, 5) is 120. The van der Waals surface area contributed by atoms with Gasteiger partial charge in [0.2, 0.25) is 35.4 Å². The maximum atomic E-state index is 14.7. The van der Waals surface area contributed by atoms with Crippen LogP contribution in [0.1, 0.15) is 149 Å². The van der Waals surface area contributed by atoms with Crippen LogP contribution in [0.25, 0.3) is 0 Å². The number of hydrogen-bond acceptors (Lipinski definition) is 11. The molecule has 8 N–H and O–H groups in total. The zero-order valence-corrected chi connectivity index (χ0v) is 45.8. The Morgan fingerprint density at radius 2 is 0.947 bits per heavy atom. The molecule has 2 fully saturated rings. The molecule has 0 spiro atoms. The van der Waals surface area contributed by atoms with E-state index in [1.165, 1.54) is 28.3 Å². The van der Waals surface area contributed by atoms with Crippen molar-refractivity contribution in [3.63, 3.8) is 0 Å². The van der Waals surface area contributed by atoms with Crippen LogP contribution >= 0.6 is 0 Å². The van der Waals surface area contributed by atoms with E-state index in [0.717, 1.165) is 60.8 Å². The molecule has 2 aliphatic carbocycles. The molecule has 4 aliphatic rings. The van der Waals surface area contributed by atoms with Crippen LogP contribution in [0.3, 0.4) is 0 Å². The highest BCUT2D eigenvalue weighted by atomic mass is 16.2. The molecule has 8 amide bonds. The van der Waals surface area contributed by atoms with E-state index in [1.54, 1.807) is 27.9 Å². The number of likely N-dealkylation sites (tertiary alicyclic amines) is 2. The Kier molecular flexibility index (Phi) is 18.1. The summed E-state index contributed by atoms with van der Waals surface area (Å²) in [5.74, 6) is -3.60. The van der Waals surface area contributed by atoms with Crippen molar-refractivity contribution in [2.75, 3.05) is 27.2 Å². The number of aromatic nitrogens is 1. The molecule has 19 nitrogen and oxygen atoms in total. The molecule has 0 unspecified atom stereocenters. The number of nitrogens with one attached hydrogen (secondary N) is 8. The standard InChI is InChI=1S/C57H79N11O8/c1-32(58-9)48(69)65-46(56(3,4)5)54(75)67-30-38(26-44(67)52(73)63-42-23-15-19-34-17-11-13-21-40(34)42)61-50(71)36-25-37(29-60-28-36)51(72)62-39-27-45(53(74)64-43-24-16-20-35-18-12-14-22-41(35)43)68(31-39)55(76)47(57(6,7)8)66-49(70)33(2)59-10/h11-14,17-18,21-22,25,28-29,32-33,38-39,42-47,58-59H,15-16,19-20,23-24,26-27,30-31H2,1-10H3,(H,61,71)(H,62,72)(H,63,73)(H,64,74)(H,65,69)(H,66,70)/t32-,33-,38-,39-,42+,43+,44-,45-,46+,47+/m0/s1. The van der Waals surface area contributed by atoms with Gasteiger partial charge in [-0.05, 0) is 118 Å². The third-order valence-corrected chi connectivity index (χ3v) is 15.5. The molecule has 410 valence electrons. The first-order valence-electron chi connectivity index (χ1n) is 26.9. The van der Waals surface area contributed by atoms with Crippen molar-refractivity contribution in [3.05, 3.63) is 100 Å². The van der Waals surface area contributed by atoms with Crippen LogP contribution in [-0.4, -0.2) is 138 Å². The summed E-state index contributed by atoms with van der Waals surface area (Å²) in [7, 11) is 3.30. The minimum Gasteiger partial charge on any atom is -0.347 e. The molecule has 0 saturated carbocycles. The Bertz CT molecular complexity index is 2490. The third-order valence-electron chi connectivity index (χ3n) is 15.5. The number of amides is 8. The number of rotatable bonds is 16. The van der Waals surface area contributed by atoms with Crippen molar-refractivity contribution in [2.24, 2.45) is 10.8 Å². The number of benzene rings is 2. The largest absolute Gasteiger partial charge is 0.347 e. The molecule has 0 bridgehead atoms. The molecular formula is C57H79N11O8. The predicted molar refractivity (Wildman–Crippen MR) is 287 cm³/mol. The zero-order valence-electron chi connectivity index (χ0n) is 45.8. The molecule has 10 atom stereocenters. The van der Waals surface area contributed by atoms with Gasteiger partial charge in [-0.2, -0.15) is 0 Å². The second-order valence-electron chi connectivity index (χ2n) is 23.2. The van der Waals surface area contributed by atoms with E-state index in [1.807, 2.05) is 77.9 Å². The zero-order chi connectivity index (χ0) is 55.2. The van der Waals surface area contributed by atoms with Crippen molar-refractivity contribution in [3.8, 4) is 0 Å². The number of hydrogen-bond donors (Lipinski definition) is 8. The minimum absolute atomic E-state index is 0.0330. The first kappa shape index (κ1) is 57.0. The van der Waals surface area contributed by atoms with Crippen molar-refractivity contribution < 1.29 is 38.4 Å². The quantitative estimate of drug-likeness (QED) is 0.104. The van der Waals surface area contributed by atoms with Crippen LogP contribution in [0.4, 0.5) is 0 Å². The third kappa shape index (κ3) is 13.3. The molecule has 1 aromatic heterocycles. The number of fused-ring (bicyclic) bond motifs is 2. The number of nitrogens with zero attached hydrogens (tertiary/aromatic N) is 3. The lowest BCUT2D eigenvalue weighted by molar-refractivity contribution is -0.144. The highest BCUT2D eigenvalue weighted by Crippen LogP contribution is 2.34. The SMILES string of the molecule is CN[C@@H](C)C(=O)N[C@H](C(=O)N1C[C@@H](NC(=O)c2cncc(C(=O)N[C@H]3C[C@@H](C(=O)N[C@@H]4CCCc5ccccc54)N(C(=O)[C@@H](NC(=O)[C@H](C)NC)C(C)(C)C)C3)c2)C[C@H]1C(=O)N[C@@H]1CCCc2ccccc21)C(C)(C)C. The average Bonchev–Trinajstić information content (AvgIpc) is 4.03. The lowest BCUT2D eigenvalue weighted by Gasteiger charge is -2.36. The van der Waals surface area contributed by atoms with Crippen molar-refractivity contribution >= 4 is 47.3 Å². The van der Waals surface area contributed by atoms with Crippen molar-refractivity contribution in [2.45, 2.75) is 167 Å². The number of likely N-dealkylation sites (N-methyl/N-ethyl adjacent to an activating group) is 2. The van der Waals surface area contributed by atoms with Gasteiger partial charge in [0.25, 0.3) is 11.8 Å². The number of aryl methyl sites for hydroxylation is 2. The Morgan fingerprint density at radius 3 is 1.32 bits per heavy atom. The summed E-state index contributed by atoms with van der Waals surface area (Å²) in [5, 5.41) is 24.0. The van der Waals surface area contributed by atoms with E-state index in [0.29, 0.717) is 0 Å². The number of carbonyl (C=O) groups excluding carboxylic acids is 8. The molecule has 2 saturated heterocycles. The summed E-state index contributed by atoms with van der Waals surface area (Å²) in [6, 6.07) is 10.2. The second kappa shape index (κ2) is 24.1. The van der Waals surface area contributed by atoms with Gasteiger partial charge in [-0.1, -0.05) is 90.1 Å². The van der Waals surface area contributed by atoms with E-state index >= 15 is 0 Å². The molecule has 3 aromatic rings. The first-order chi connectivity index (χ1) is 36.0. The molecule has 2 aromatic carbocycles. The fourth-order valence-electron chi connectivity index (χ4n) is 10.9. The second-order valence-corrected chi connectivity index (χ2v) is 23.2. The van der Waals surface area contributed by atoms with Gasteiger partial charge in [-0.25, -0.2) is 0 Å². The summed E-state index contributed by atoms with van der Waals surface area (Å²) >= 11 is 0. The fraction of sp³-hybridized carbons (Fsp3) is 0.561. The highest BCUT2D eigenvalue weighted by molar-refractivity contribution is 6.00. The van der Waals surface area contributed by atoms with Gasteiger partial charge in [0.1, 0.15) is 24.2 Å². The van der Waals surface area contributed by atoms with Gasteiger partial charge in [-0.3, -0.25) is 43.3 Å². The van der Waals surface area contributed by atoms with Gasteiger partial charge >= 0.3 is 0 Å².